The predicted molar refractivity (Wildman–Crippen MR) is 85.3 cm³/mol. The van der Waals surface area contributed by atoms with Gasteiger partial charge in [-0.3, -0.25) is 4.79 Å². The second kappa shape index (κ2) is 8.06. The van der Waals surface area contributed by atoms with Crippen LogP contribution in [0.25, 0.3) is 0 Å². The summed E-state index contributed by atoms with van der Waals surface area (Å²) in [7, 11) is 0. The lowest BCUT2D eigenvalue weighted by atomic mass is 9.87. The fourth-order valence-electron chi connectivity index (χ4n) is 2.17. The second-order valence-corrected chi connectivity index (χ2v) is 7.36. The smallest absolute Gasteiger partial charge is 0.393 e. The number of alkyl halides is 3. The summed E-state index contributed by atoms with van der Waals surface area (Å²) in [5, 5.41) is 12.1. The molecule has 1 aromatic rings. The van der Waals surface area contributed by atoms with Crippen molar-refractivity contribution in [3.63, 3.8) is 0 Å². The molecule has 0 spiro atoms. The Morgan fingerprint density at radius 2 is 2.00 bits per heavy atom. The molecule has 0 saturated heterocycles. The van der Waals surface area contributed by atoms with Crippen molar-refractivity contribution < 1.29 is 23.1 Å². The molecule has 0 heterocycles. The predicted octanol–water partition coefficient (Wildman–Crippen LogP) is 3.71. The molecule has 0 aliphatic carbocycles. The van der Waals surface area contributed by atoms with Gasteiger partial charge in [-0.25, -0.2) is 0 Å². The van der Waals surface area contributed by atoms with E-state index >= 15 is 0 Å². The van der Waals surface area contributed by atoms with Crippen LogP contribution in [0.4, 0.5) is 13.2 Å². The molecule has 0 aromatic heterocycles. The van der Waals surface area contributed by atoms with Crippen LogP contribution in [0.5, 0.6) is 0 Å². The van der Waals surface area contributed by atoms with Crippen molar-refractivity contribution in [3.05, 3.63) is 29.8 Å². The summed E-state index contributed by atoms with van der Waals surface area (Å²) >= 11 is 1.06. The summed E-state index contributed by atoms with van der Waals surface area (Å²) in [6.07, 6.45) is -4.29. The highest BCUT2D eigenvalue weighted by molar-refractivity contribution is 8.00. The van der Waals surface area contributed by atoms with Crippen LogP contribution < -0.4 is 5.32 Å². The molecule has 2 N–H and O–H groups in total. The van der Waals surface area contributed by atoms with Gasteiger partial charge in [0.15, 0.2) is 0 Å². The number of carbonyl (C=O) groups excluding carboxylic acids is 1. The van der Waals surface area contributed by atoms with E-state index in [1.807, 2.05) is 13.8 Å². The molecular formula is C16H22F3NO2S. The van der Waals surface area contributed by atoms with Gasteiger partial charge in [-0.1, -0.05) is 19.9 Å². The summed E-state index contributed by atoms with van der Waals surface area (Å²) < 4.78 is 37.8. The Balaban J connectivity index is 2.48. The quantitative estimate of drug-likeness (QED) is 0.738. The summed E-state index contributed by atoms with van der Waals surface area (Å²) in [6, 6.07) is 4.91. The van der Waals surface area contributed by atoms with E-state index in [1.54, 1.807) is 13.0 Å². The first-order valence-electron chi connectivity index (χ1n) is 7.24. The monoisotopic (exact) mass is 349 g/mol. The third-order valence-electron chi connectivity index (χ3n) is 3.14. The first-order valence-corrected chi connectivity index (χ1v) is 8.23. The van der Waals surface area contributed by atoms with Gasteiger partial charge in [-0.15, -0.1) is 11.8 Å². The molecule has 1 unspecified atom stereocenters. The fraction of sp³-hybridized carbons (Fsp3) is 0.562. The maximum Gasteiger partial charge on any atom is 0.416 e. The normalized spacial score (nSPS) is 13.7. The molecule has 1 rings (SSSR count). The number of halogens is 3. The average molecular weight is 349 g/mol. The van der Waals surface area contributed by atoms with Gasteiger partial charge in [0.1, 0.15) is 0 Å². The first kappa shape index (κ1) is 19.8. The van der Waals surface area contributed by atoms with Crippen molar-refractivity contribution in [1.82, 2.24) is 5.32 Å². The van der Waals surface area contributed by atoms with Gasteiger partial charge in [0.2, 0.25) is 5.91 Å². The molecule has 1 atom stereocenters. The van der Waals surface area contributed by atoms with E-state index in [0.717, 1.165) is 23.9 Å². The van der Waals surface area contributed by atoms with Crippen molar-refractivity contribution in [3.8, 4) is 0 Å². The molecule has 3 nitrogen and oxygen atoms in total. The standard InChI is InChI=1S/C16H22F3NO2S/c1-11(21)8-15(2,3)10-20-14(22)9-23-13-6-4-5-12(7-13)16(17,18)19/h4-7,11,21H,8-10H2,1-3H3,(H,20,22). The van der Waals surface area contributed by atoms with Crippen LogP contribution >= 0.6 is 11.8 Å². The van der Waals surface area contributed by atoms with Crippen LogP contribution in [0.1, 0.15) is 32.8 Å². The molecule has 23 heavy (non-hydrogen) atoms. The van der Waals surface area contributed by atoms with Crippen molar-refractivity contribution in [1.29, 1.82) is 0 Å². The van der Waals surface area contributed by atoms with Crippen LogP contribution in [0.3, 0.4) is 0 Å². The number of rotatable bonds is 7. The van der Waals surface area contributed by atoms with E-state index < -0.39 is 17.8 Å². The van der Waals surface area contributed by atoms with Gasteiger partial charge in [0, 0.05) is 11.4 Å². The summed E-state index contributed by atoms with van der Waals surface area (Å²) in [4.78, 5) is 12.2. The number of hydrogen-bond acceptors (Lipinski definition) is 3. The van der Waals surface area contributed by atoms with Crippen molar-refractivity contribution in [2.24, 2.45) is 5.41 Å². The number of amides is 1. The molecule has 0 saturated carbocycles. The zero-order valence-electron chi connectivity index (χ0n) is 13.4. The maximum absolute atomic E-state index is 12.6. The first-order chi connectivity index (χ1) is 10.5. The van der Waals surface area contributed by atoms with E-state index in [1.165, 1.54) is 6.07 Å². The Bertz CT molecular complexity index is 530. The van der Waals surface area contributed by atoms with Gasteiger partial charge in [-0.05, 0) is 37.0 Å². The van der Waals surface area contributed by atoms with Gasteiger partial charge >= 0.3 is 6.18 Å². The number of aliphatic hydroxyl groups excluding tert-OH is 1. The number of thioether (sulfide) groups is 1. The van der Waals surface area contributed by atoms with E-state index in [9.17, 15) is 23.1 Å². The number of nitrogens with one attached hydrogen (secondary N) is 1. The minimum atomic E-state index is -4.39. The van der Waals surface area contributed by atoms with Crippen LogP contribution in [0, 0.1) is 5.41 Å². The highest BCUT2D eigenvalue weighted by Crippen LogP contribution is 2.31. The lowest BCUT2D eigenvalue weighted by Gasteiger charge is -2.26. The molecule has 1 aromatic carbocycles. The fourth-order valence-corrected chi connectivity index (χ4v) is 2.96. The highest BCUT2D eigenvalue weighted by Gasteiger charge is 2.30. The zero-order chi connectivity index (χ0) is 17.7. The largest absolute Gasteiger partial charge is 0.416 e. The van der Waals surface area contributed by atoms with E-state index in [4.69, 9.17) is 0 Å². The molecular weight excluding hydrogens is 327 g/mol. The summed E-state index contributed by atoms with van der Waals surface area (Å²) in [5.41, 5.74) is -0.967. The van der Waals surface area contributed by atoms with Crippen molar-refractivity contribution in [2.45, 2.75) is 44.4 Å². The minimum Gasteiger partial charge on any atom is -0.393 e. The molecule has 1 amide bonds. The Morgan fingerprint density at radius 3 is 2.57 bits per heavy atom. The highest BCUT2D eigenvalue weighted by atomic mass is 32.2. The average Bonchev–Trinajstić information content (AvgIpc) is 2.41. The van der Waals surface area contributed by atoms with Crippen LogP contribution in [-0.4, -0.2) is 29.4 Å². The van der Waals surface area contributed by atoms with Crippen LogP contribution in [0.15, 0.2) is 29.2 Å². The van der Waals surface area contributed by atoms with E-state index in [2.05, 4.69) is 5.32 Å². The van der Waals surface area contributed by atoms with Crippen LogP contribution in [0.2, 0.25) is 0 Å². The zero-order valence-corrected chi connectivity index (χ0v) is 14.2. The van der Waals surface area contributed by atoms with Gasteiger partial charge in [-0.2, -0.15) is 13.2 Å². The third kappa shape index (κ3) is 7.74. The van der Waals surface area contributed by atoms with Gasteiger partial charge in [0.05, 0.1) is 17.4 Å². The van der Waals surface area contributed by atoms with Crippen molar-refractivity contribution >= 4 is 17.7 Å². The summed E-state index contributed by atoms with van der Waals surface area (Å²) in [6.45, 7) is 5.95. The number of carbonyl (C=O) groups is 1. The lowest BCUT2D eigenvalue weighted by molar-refractivity contribution is -0.137. The van der Waals surface area contributed by atoms with E-state index in [0.29, 0.717) is 17.9 Å². The number of hydrogen-bond donors (Lipinski definition) is 2. The molecule has 130 valence electrons. The summed E-state index contributed by atoms with van der Waals surface area (Å²) in [5.74, 6) is -0.197. The van der Waals surface area contributed by atoms with Gasteiger partial charge < -0.3 is 10.4 Å². The van der Waals surface area contributed by atoms with Crippen molar-refractivity contribution in [2.75, 3.05) is 12.3 Å². The molecule has 0 aliphatic rings. The number of benzene rings is 1. The Kier molecular flexibility index (Phi) is 6.95. The number of aliphatic hydroxyl groups is 1. The molecule has 7 heteroatoms. The van der Waals surface area contributed by atoms with E-state index in [-0.39, 0.29) is 17.1 Å². The third-order valence-corrected chi connectivity index (χ3v) is 4.14. The van der Waals surface area contributed by atoms with Crippen LogP contribution in [-0.2, 0) is 11.0 Å². The molecule has 0 radical (unpaired) electrons. The maximum atomic E-state index is 12.6. The molecule has 0 bridgehead atoms. The molecule has 0 aliphatic heterocycles. The Morgan fingerprint density at radius 1 is 1.35 bits per heavy atom. The topological polar surface area (TPSA) is 49.3 Å². The molecule has 0 fully saturated rings. The van der Waals surface area contributed by atoms with Gasteiger partial charge in [0.25, 0.3) is 0 Å². The Labute approximate surface area is 138 Å². The minimum absolute atomic E-state index is 0.0477. The Hall–Kier alpha value is -1.21. The second-order valence-electron chi connectivity index (χ2n) is 6.31. The lowest BCUT2D eigenvalue weighted by Crippen LogP contribution is -2.36. The SMILES string of the molecule is CC(O)CC(C)(C)CNC(=O)CSc1cccc(C(F)(F)F)c1.